The highest BCUT2D eigenvalue weighted by molar-refractivity contribution is 6.02. The Morgan fingerprint density at radius 3 is 2.79 bits per heavy atom. The summed E-state index contributed by atoms with van der Waals surface area (Å²) in [6.45, 7) is 4.26. The first-order valence-electron chi connectivity index (χ1n) is 9.40. The van der Waals surface area contributed by atoms with Crippen LogP contribution in [-0.4, -0.2) is 33.5 Å². The summed E-state index contributed by atoms with van der Waals surface area (Å²) < 4.78 is 0. The highest BCUT2D eigenvalue weighted by Gasteiger charge is 2.31. The third kappa shape index (κ3) is 2.60. The van der Waals surface area contributed by atoms with Crippen molar-refractivity contribution in [2.24, 2.45) is 5.73 Å². The summed E-state index contributed by atoms with van der Waals surface area (Å²) >= 11 is 0. The highest BCUT2D eigenvalue weighted by atomic mass is 16.2. The van der Waals surface area contributed by atoms with Crippen LogP contribution in [0, 0.1) is 0 Å². The summed E-state index contributed by atoms with van der Waals surface area (Å²) in [7, 11) is 0. The summed E-state index contributed by atoms with van der Waals surface area (Å²) in [5, 5.41) is 8.76. The minimum absolute atomic E-state index is 0.0951. The monoisotopic (exact) mass is 372 g/mol. The SMILES string of the molecule is C=C(CN1Cc2c(cccc2-c2ccc3n[nH]c(C4CC4)c3c2)C1=O)C(N)=O. The predicted octanol–water partition coefficient (Wildman–Crippen LogP) is 3.10. The van der Waals surface area contributed by atoms with E-state index in [4.69, 9.17) is 5.73 Å². The van der Waals surface area contributed by atoms with Gasteiger partial charge in [0.05, 0.1) is 12.1 Å². The Balaban J connectivity index is 1.54. The number of rotatable bonds is 5. The maximum Gasteiger partial charge on any atom is 0.254 e. The van der Waals surface area contributed by atoms with Gasteiger partial charge in [-0.1, -0.05) is 24.8 Å². The summed E-state index contributed by atoms with van der Waals surface area (Å²) in [5.41, 5.74) is 11.4. The zero-order valence-corrected chi connectivity index (χ0v) is 15.4. The Bertz CT molecular complexity index is 1160. The van der Waals surface area contributed by atoms with E-state index in [1.165, 1.54) is 18.5 Å². The molecule has 1 fully saturated rings. The molecular weight excluding hydrogens is 352 g/mol. The van der Waals surface area contributed by atoms with Gasteiger partial charge in [-0.05, 0) is 47.7 Å². The molecule has 1 aromatic heterocycles. The third-order valence-electron chi connectivity index (χ3n) is 5.65. The molecule has 6 nitrogen and oxygen atoms in total. The number of carbonyl (C=O) groups is 2. The third-order valence-corrected chi connectivity index (χ3v) is 5.65. The van der Waals surface area contributed by atoms with Crippen molar-refractivity contribution < 1.29 is 9.59 Å². The molecule has 6 heteroatoms. The van der Waals surface area contributed by atoms with Crippen molar-refractivity contribution in [2.75, 3.05) is 6.54 Å². The Labute approximate surface area is 162 Å². The second kappa shape index (κ2) is 6.05. The summed E-state index contributed by atoms with van der Waals surface area (Å²) in [5.74, 6) is -0.0945. The van der Waals surface area contributed by atoms with Crippen LogP contribution in [0.3, 0.4) is 0 Å². The first-order valence-corrected chi connectivity index (χ1v) is 9.40. The number of hydrogen-bond acceptors (Lipinski definition) is 3. The number of carbonyl (C=O) groups excluding carboxylic acids is 2. The Morgan fingerprint density at radius 2 is 2.04 bits per heavy atom. The first kappa shape index (κ1) is 16.7. The predicted molar refractivity (Wildman–Crippen MR) is 107 cm³/mol. The van der Waals surface area contributed by atoms with Crippen molar-refractivity contribution in [1.29, 1.82) is 0 Å². The average molecular weight is 372 g/mol. The molecule has 0 radical (unpaired) electrons. The van der Waals surface area contributed by atoms with E-state index in [1.54, 1.807) is 4.90 Å². The highest BCUT2D eigenvalue weighted by Crippen LogP contribution is 2.43. The van der Waals surface area contributed by atoms with Gasteiger partial charge >= 0.3 is 0 Å². The molecule has 2 aromatic carbocycles. The fourth-order valence-electron chi connectivity index (χ4n) is 3.98. The molecule has 0 atom stereocenters. The van der Waals surface area contributed by atoms with Crippen LogP contribution >= 0.6 is 0 Å². The zero-order valence-electron chi connectivity index (χ0n) is 15.4. The molecule has 0 spiro atoms. The van der Waals surface area contributed by atoms with Gasteiger partial charge in [0.25, 0.3) is 5.91 Å². The second-order valence-corrected chi connectivity index (χ2v) is 7.60. The molecule has 1 aliphatic carbocycles. The fraction of sp³-hybridized carbons (Fsp3) is 0.227. The van der Waals surface area contributed by atoms with E-state index in [2.05, 4.69) is 22.8 Å². The molecule has 5 rings (SSSR count). The van der Waals surface area contributed by atoms with Gasteiger partial charge in [0.15, 0.2) is 0 Å². The second-order valence-electron chi connectivity index (χ2n) is 7.60. The minimum atomic E-state index is -0.581. The van der Waals surface area contributed by atoms with Crippen molar-refractivity contribution >= 4 is 22.7 Å². The molecule has 0 bridgehead atoms. The van der Waals surface area contributed by atoms with Crippen LogP contribution in [-0.2, 0) is 11.3 Å². The molecule has 0 unspecified atom stereocenters. The van der Waals surface area contributed by atoms with Gasteiger partial charge in [0.1, 0.15) is 0 Å². The van der Waals surface area contributed by atoms with Crippen molar-refractivity contribution in [3.05, 3.63) is 65.4 Å². The Kier molecular flexibility index (Phi) is 3.62. The van der Waals surface area contributed by atoms with E-state index < -0.39 is 5.91 Å². The number of aromatic amines is 1. The van der Waals surface area contributed by atoms with Gasteiger partial charge in [-0.15, -0.1) is 0 Å². The van der Waals surface area contributed by atoms with Crippen LogP contribution in [0.4, 0.5) is 0 Å². The van der Waals surface area contributed by atoms with Crippen molar-refractivity contribution in [3.8, 4) is 11.1 Å². The number of hydrogen-bond donors (Lipinski definition) is 2. The normalized spacial score (nSPS) is 15.9. The fourth-order valence-corrected chi connectivity index (χ4v) is 3.98. The van der Waals surface area contributed by atoms with E-state index in [9.17, 15) is 9.59 Å². The molecule has 2 heterocycles. The molecule has 1 saturated carbocycles. The number of primary amides is 1. The summed E-state index contributed by atoms with van der Waals surface area (Å²) in [4.78, 5) is 25.7. The lowest BCUT2D eigenvalue weighted by molar-refractivity contribution is -0.114. The summed E-state index contributed by atoms with van der Waals surface area (Å²) in [6.07, 6.45) is 2.41. The summed E-state index contributed by atoms with van der Waals surface area (Å²) in [6, 6.07) is 12.0. The number of amides is 2. The van der Waals surface area contributed by atoms with Crippen LogP contribution in [0.15, 0.2) is 48.6 Å². The van der Waals surface area contributed by atoms with E-state index in [1.807, 2.05) is 30.3 Å². The topological polar surface area (TPSA) is 92.1 Å². The van der Waals surface area contributed by atoms with E-state index in [-0.39, 0.29) is 18.0 Å². The van der Waals surface area contributed by atoms with Crippen LogP contribution in [0.2, 0.25) is 0 Å². The number of aromatic nitrogens is 2. The molecular formula is C22H20N4O2. The lowest BCUT2D eigenvalue weighted by Gasteiger charge is -2.15. The van der Waals surface area contributed by atoms with Crippen LogP contribution < -0.4 is 5.73 Å². The number of nitrogens with one attached hydrogen (secondary N) is 1. The van der Waals surface area contributed by atoms with Crippen molar-refractivity contribution in [3.63, 3.8) is 0 Å². The van der Waals surface area contributed by atoms with E-state index in [0.717, 1.165) is 27.6 Å². The van der Waals surface area contributed by atoms with E-state index in [0.29, 0.717) is 18.0 Å². The largest absolute Gasteiger partial charge is 0.366 e. The first-order chi connectivity index (χ1) is 13.5. The van der Waals surface area contributed by atoms with E-state index >= 15 is 0 Å². The van der Waals surface area contributed by atoms with Gasteiger partial charge in [-0.25, -0.2) is 0 Å². The molecule has 3 aromatic rings. The van der Waals surface area contributed by atoms with Crippen molar-refractivity contribution in [1.82, 2.24) is 15.1 Å². The van der Waals surface area contributed by atoms with Gasteiger partial charge < -0.3 is 10.6 Å². The minimum Gasteiger partial charge on any atom is -0.366 e. The van der Waals surface area contributed by atoms with Gasteiger partial charge in [0.2, 0.25) is 5.91 Å². The molecule has 3 N–H and O–H groups in total. The standard InChI is InChI=1S/C22H20N4O2/c1-12(21(23)27)10-26-11-18-15(3-2-4-16(18)22(26)28)14-7-8-19-17(9-14)20(25-24-19)13-5-6-13/h2-4,7-9,13H,1,5-6,10-11H2,(H2,23,27)(H,24,25). The molecule has 28 heavy (non-hydrogen) atoms. The van der Waals surface area contributed by atoms with Crippen LogP contribution in [0.25, 0.3) is 22.0 Å². The lowest BCUT2D eigenvalue weighted by Crippen LogP contribution is -2.30. The Hall–Kier alpha value is -3.41. The zero-order chi connectivity index (χ0) is 19.4. The number of benzene rings is 2. The number of nitrogens with two attached hydrogens (primary N) is 1. The van der Waals surface area contributed by atoms with Crippen molar-refractivity contribution in [2.45, 2.75) is 25.3 Å². The molecule has 2 amide bonds. The van der Waals surface area contributed by atoms with Crippen LogP contribution in [0.1, 0.15) is 40.4 Å². The molecule has 1 aliphatic heterocycles. The number of nitrogens with zero attached hydrogens (tertiary/aromatic N) is 2. The van der Waals surface area contributed by atoms with Crippen LogP contribution in [0.5, 0.6) is 0 Å². The molecule has 140 valence electrons. The lowest BCUT2D eigenvalue weighted by atomic mass is 9.95. The molecule has 2 aliphatic rings. The average Bonchev–Trinajstić information content (AvgIpc) is 3.37. The van der Waals surface area contributed by atoms with Gasteiger partial charge in [0, 0.05) is 34.7 Å². The number of H-pyrrole nitrogens is 1. The van der Waals surface area contributed by atoms with Gasteiger partial charge in [-0.2, -0.15) is 5.10 Å². The maximum absolute atomic E-state index is 12.8. The maximum atomic E-state index is 12.8. The van der Waals surface area contributed by atoms with Gasteiger partial charge in [-0.3, -0.25) is 14.7 Å². The number of fused-ring (bicyclic) bond motifs is 2. The molecule has 0 saturated heterocycles. The Morgan fingerprint density at radius 1 is 1.25 bits per heavy atom. The smallest absolute Gasteiger partial charge is 0.254 e. The quantitative estimate of drug-likeness (QED) is 0.674.